The quantitative estimate of drug-likeness (QED) is 0.352. The first-order valence-corrected chi connectivity index (χ1v) is 15.0. The summed E-state index contributed by atoms with van der Waals surface area (Å²) in [5.41, 5.74) is 0.581. The fourth-order valence-corrected chi connectivity index (χ4v) is 10.8. The van der Waals surface area contributed by atoms with Crippen molar-refractivity contribution in [1.29, 1.82) is 0 Å². The first kappa shape index (κ1) is 24.8. The van der Waals surface area contributed by atoms with Gasteiger partial charge >= 0.3 is 0 Å². The fraction of sp³-hybridized carbons (Fsp3) is 0.966. The Morgan fingerprint density at radius 2 is 1.67 bits per heavy atom. The predicted octanol–water partition coefficient (Wildman–Crippen LogP) is 7.40. The van der Waals surface area contributed by atoms with Crippen LogP contribution in [0.2, 0.25) is 0 Å². The third kappa shape index (κ3) is 3.91. The molecular formula is C29H47BrO3. The number of carbonyl (C=O) groups is 1. The number of fused-ring (bicyclic) bond motifs is 6. The molecule has 0 radical (unpaired) electrons. The first-order chi connectivity index (χ1) is 15.6. The van der Waals surface area contributed by atoms with Crippen molar-refractivity contribution in [3.8, 4) is 0 Å². The van der Waals surface area contributed by atoms with Crippen molar-refractivity contribution in [2.24, 2.45) is 52.3 Å². The van der Waals surface area contributed by atoms with Crippen LogP contribution in [0.25, 0.3) is 0 Å². The Bertz CT molecular complexity index is 745. The summed E-state index contributed by atoms with van der Waals surface area (Å²) in [5.74, 6) is 4.71. The van der Waals surface area contributed by atoms with E-state index >= 15 is 0 Å². The molecule has 0 aromatic carbocycles. The van der Waals surface area contributed by atoms with Crippen molar-refractivity contribution in [3.63, 3.8) is 0 Å². The van der Waals surface area contributed by atoms with E-state index in [0.717, 1.165) is 36.5 Å². The van der Waals surface area contributed by atoms with Gasteiger partial charge in [0.25, 0.3) is 0 Å². The number of alkyl halides is 1. The second kappa shape index (κ2) is 8.87. The summed E-state index contributed by atoms with van der Waals surface area (Å²) in [6.07, 6.45) is 12.2. The molecule has 0 N–H and O–H groups in total. The molecule has 0 bridgehead atoms. The third-order valence-corrected chi connectivity index (χ3v) is 12.3. The zero-order valence-electron chi connectivity index (χ0n) is 21.7. The molecule has 4 heteroatoms. The highest BCUT2D eigenvalue weighted by molar-refractivity contribution is 9.10. The van der Waals surface area contributed by atoms with E-state index in [0.29, 0.717) is 42.7 Å². The van der Waals surface area contributed by atoms with E-state index in [1.807, 2.05) is 0 Å². The summed E-state index contributed by atoms with van der Waals surface area (Å²) < 4.78 is 13.0. The van der Waals surface area contributed by atoms with Crippen molar-refractivity contribution in [2.75, 3.05) is 13.2 Å². The normalized spacial score (nSPS) is 47.4. The van der Waals surface area contributed by atoms with Crippen LogP contribution in [0.3, 0.4) is 0 Å². The van der Waals surface area contributed by atoms with Gasteiger partial charge in [0.15, 0.2) is 5.79 Å². The number of carbonyl (C=O) groups excluding carboxylic acids is 1. The van der Waals surface area contributed by atoms with Crippen molar-refractivity contribution in [3.05, 3.63) is 0 Å². The van der Waals surface area contributed by atoms with Crippen LogP contribution in [0, 0.1) is 52.3 Å². The van der Waals surface area contributed by atoms with Crippen LogP contribution in [0.1, 0.15) is 98.8 Å². The van der Waals surface area contributed by atoms with Crippen LogP contribution >= 0.6 is 15.9 Å². The van der Waals surface area contributed by atoms with E-state index in [1.165, 1.54) is 44.9 Å². The standard InChI is InChI=1S/C29H47BrO3/c1-18(2)7-6-8-19(3)21-9-10-22-20-16-29(32-13-14-33-29)26-15-25(31)24(30)17-28(26,5)23(20)11-12-27(21,22)4/h18-24,26H,6-17H2,1-5H3/t19-,20+,21-,22+,23+,24-,26+,27-,28-/m1/s1. The van der Waals surface area contributed by atoms with Crippen molar-refractivity contribution < 1.29 is 14.3 Å². The molecule has 33 heavy (non-hydrogen) atoms. The molecule has 4 saturated carbocycles. The van der Waals surface area contributed by atoms with Crippen LogP contribution in [0.15, 0.2) is 0 Å². The monoisotopic (exact) mass is 522 g/mol. The van der Waals surface area contributed by atoms with Crippen molar-refractivity contribution in [2.45, 2.75) is 109 Å². The zero-order chi connectivity index (χ0) is 23.6. The van der Waals surface area contributed by atoms with E-state index in [4.69, 9.17) is 9.47 Å². The number of ketones is 1. The second-order valence-electron chi connectivity index (χ2n) is 13.5. The molecule has 1 spiro atoms. The Hall–Kier alpha value is 0.0700. The van der Waals surface area contributed by atoms with Gasteiger partial charge in [0.05, 0.1) is 18.0 Å². The Kier molecular flexibility index (Phi) is 6.65. The molecule has 1 aliphatic heterocycles. The average molecular weight is 524 g/mol. The van der Waals surface area contributed by atoms with Crippen LogP contribution in [-0.4, -0.2) is 29.6 Å². The minimum absolute atomic E-state index is 0.00145. The van der Waals surface area contributed by atoms with Gasteiger partial charge in [-0.2, -0.15) is 0 Å². The number of hydrogen-bond acceptors (Lipinski definition) is 3. The maximum absolute atomic E-state index is 12.8. The third-order valence-electron chi connectivity index (χ3n) is 11.5. The molecule has 5 rings (SSSR count). The predicted molar refractivity (Wildman–Crippen MR) is 136 cm³/mol. The molecule has 0 unspecified atom stereocenters. The molecule has 4 aliphatic carbocycles. The number of hydrogen-bond donors (Lipinski definition) is 0. The highest BCUT2D eigenvalue weighted by Gasteiger charge is 2.68. The smallest absolute Gasteiger partial charge is 0.172 e. The molecule has 0 aromatic heterocycles. The summed E-state index contributed by atoms with van der Waals surface area (Å²) in [5, 5.41) is 0. The summed E-state index contributed by atoms with van der Waals surface area (Å²) in [7, 11) is 0. The average Bonchev–Trinajstić information content (AvgIpc) is 3.34. The van der Waals surface area contributed by atoms with Gasteiger partial charge in [-0.15, -0.1) is 0 Å². The highest BCUT2D eigenvalue weighted by atomic mass is 79.9. The molecule has 0 aromatic rings. The minimum Gasteiger partial charge on any atom is -0.347 e. The molecule has 1 saturated heterocycles. The van der Waals surface area contributed by atoms with Gasteiger partial charge in [-0.05, 0) is 78.4 Å². The molecule has 1 heterocycles. The van der Waals surface area contributed by atoms with Crippen LogP contribution in [-0.2, 0) is 14.3 Å². The SMILES string of the molecule is CC(C)CCC[C@@H](C)[C@H]1CC[C@H]2[C@@H]3CC4(OCCO4)[C@H]4CC(=O)[C@H](Br)C[C@]4(C)[C@H]3CC[C@]12C. The fourth-order valence-electron chi connectivity index (χ4n) is 9.95. The van der Waals surface area contributed by atoms with Crippen LogP contribution in [0.4, 0.5) is 0 Å². The first-order valence-electron chi connectivity index (χ1n) is 14.1. The number of Topliss-reactive ketones (excluding diaryl/α,β-unsaturated/α-hetero) is 1. The van der Waals surface area contributed by atoms with Gasteiger partial charge in [-0.25, -0.2) is 0 Å². The number of halogens is 1. The Morgan fingerprint density at radius 1 is 0.970 bits per heavy atom. The second-order valence-corrected chi connectivity index (χ2v) is 14.6. The molecule has 9 atom stereocenters. The lowest BCUT2D eigenvalue weighted by Gasteiger charge is -2.64. The summed E-state index contributed by atoms with van der Waals surface area (Å²) in [6.45, 7) is 13.8. The van der Waals surface area contributed by atoms with Crippen molar-refractivity contribution >= 4 is 21.7 Å². The van der Waals surface area contributed by atoms with Gasteiger partial charge in [0.1, 0.15) is 5.78 Å². The maximum Gasteiger partial charge on any atom is 0.172 e. The lowest BCUT2D eigenvalue weighted by atomic mass is 9.43. The van der Waals surface area contributed by atoms with Crippen molar-refractivity contribution in [1.82, 2.24) is 0 Å². The van der Waals surface area contributed by atoms with Gasteiger partial charge in [0.2, 0.25) is 0 Å². The van der Waals surface area contributed by atoms with E-state index in [-0.39, 0.29) is 16.2 Å². The molecular weight excluding hydrogens is 476 g/mol. The molecule has 188 valence electrons. The van der Waals surface area contributed by atoms with Gasteiger partial charge < -0.3 is 9.47 Å². The highest BCUT2D eigenvalue weighted by Crippen LogP contribution is 2.70. The number of ether oxygens (including phenoxy) is 2. The largest absolute Gasteiger partial charge is 0.347 e. The molecule has 0 amide bonds. The summed E-state index contributed by atoms with van der Waals surface area (Å²) in [6, 6.07) is 0. The topological polar surface area (TPSA) is 35.5 Å². The minimum atomic E-state index is -0.516. The van der Waals surface area contributed by atoms with Gasteiger partial charge in [0, 0.05) is 18.8 Å². The van der Waals surface area contributed by atoms with Gasteiger partial charge in [-0.3, -0.25) is 4.79 Å². The van der Waals surface area contributed by atoms with E-state index in [9.17, 15) is 4.79 Å². The zero-order valence-corrected chi connectivity index (χ0v) is 23.3. The summed E-state index contributed by atoms with van der Waals surface area (Å²) >= 11 is 3.76. The van der Waals surface area contributed by atoms with E-state index in [2.05, 4.69) is 50.5 Å². The lowest BCUT2D eigenvalue weighted by Crippen LogP contribution is -2.64. The summed E-state index contributed by atoms with van der Waals surface area (Å²) in [4.78, 5) is 12.8. The Balaban J connectivity index is 1.41. The lowest BCUT2D eigenvalue weighted by molar-refractivity contribution is -0.288. The van der Waals surface area contributed by atoms with E-state index < -0.39 is 5.79 Å². The molecule has 5 aliphatic rings. The van der Waals surface area contributed by atoms with E-state index in [1.54, 1.807) is 0 Å². The molecule has 3 nitrogen and oxygen atoms in total. The van der Waals surface area contributed by atoms with Crippen LogP contribution < -0.4 is 0 Å². The Labute approximate surface area is 210 Å². The maximum atomic E-state index is 12.8. The van der Waals surface area contributed by atoms with Crippen LogP contribution in [0.5, 0.6) is 0 Å². The number of rotatable bonds is 5. The van der Waals surface area contributed by atoms with Gasteiger partial charge in [-0.1, -0.05) is 69.8 Å². The Morgan fingerprint density at radius 3 is 2.36 bits per heavy atom. The molecule has 5 fully saturated rings.